The normalized spacial score (nSPS) is 11.3. The maximum absolute atomic E-state index is 12.4. The third-order valence-corrected chi connectivity index (χ3v) is 4.24. The number of rotatable bonds is 3. The van der Waals surface area contributed by atoms with Gasteiger partial charge in [0, 0.05) is 9.85 Å². The summed E-state index contributed by atoms with van der Waals surface area (Å²) in [7, 11) is 0. The molecule has 1 amide bonds. The second-order valence-corrected chi connectivity index (χ2v) is 6.99. The van der Waals surface area contributed by atoms with Gasteiger partial charge in [-0.1, -0.05) is 15.9 Å². The van der Waals surface area contributed by atoms with Gasteiger partial charge in [-0.15, -0.1) is 24.5 Å². The predicted molar refractivity (Wildman–Crippen MR) is 80.8 cm³/mol. The van der Waals surface area contributed by atoms with Gasteiger partial charge in [0.05, 0.1) is 15.0 Å². The predicted octanol–water partition coefficient (Wildman–Crippen LogP) is 5.42. The first-order valence-electron chi connectivity index (χ1n) is 5.35. The van der Waals surface area contributed by atoms with Gasteiger partial charge in [-0.05, 0) is 40.2 Å². The van der Waals surface area contributed by atoms with Crippen molar-refractivity contribution in [2.45, 2.75) is 6.36 Å². The number of carbonyl (C=O) groups is 1. The van der Waals surface area contributed by atoms with Gasteiger partial charge in [0.25, 0.3) is 5.91 Å². The number of anilines is 1. The van der Waals surface area contributed by atoms with Crippen LogP contribution >= 0.6 is 43.2 Å². The van der Waals surface area contributed by atoms with Gasteiger partial charge in [-0.25, -0.2) is 0 Å². The number of hydrogen-bond donors (Lipinski definition) is 1. The Kier molecular flexibility index (Phi) is 4.95. The number of halogens is 5. The number of carbonyl (C=O) groups excluding carboxylic acids is 1. The van der Waals surface area contributed by atoms with Crippen molar-refractivity contribution in [3.63, 3.8) is 0 Å². The molecule has 0 unspecified atom stereocenters. The summed E-state index contributed by atoms with van der Waals surface area (Å²) in [6.45, 7) is 0. The molecule has 2 rings (SSSR count). The third kappa shape index (κ3) is 4.72. The van der Waals surface area contributed by atoms with Crippen LogP contribution < -0.4 is 10.1 Å². The Labute approximate surface area is 138 Å². The van der Waals surface area contributed by atoms with Crippen LogP contribution in [0.4, 0.5) is 18.9 Å². The summed E-state index contributed by atoms with van der Waals surface area (Å²) in [4.78, 5) is 12.0. The molecule has 1 aromatic carbocycles. The zero-order valence-corrected chi connectivity index (χ0v) is 14.0. The molecule has 2 aromatic rings. The minimum absolute atomic E-state index is 0.0668. The highest BCUT2D eigenvalue weighted by molar-refractivity contribution is 9.11. The first-order valence-corrected chi connectivity index (χ1v) is 7.82. The molecule has 0 atom stereocenters. The zero-order valence-electron chi connectivity index (χ0n) is 10.0. The van der Waals surface area contributed by atoms with Crippen LogP contribution in [0.5, 0.6) is 5.75 Å². The van der Waals surface area contributed by atoms with E-state index in [0.717, 1.165) is 9.85 Å². The molecular formula is C12H6Br2F3NO2S. The molecule has 21 heavy (non-hydrogen) atoms. The largest absolute Gasteiger partial charge is 0.573 e. The summed E-state index contributed by atoms with van der Waals surface area (Å²) in [5.74, 6) is -1.01. The quantitative estimate of drug-likeness (QED) is 0.685. The van der Waals surface area contributed by atoms with E-state index in [-0.39, 0.29) is 5.69 Å². The van der Waals surface area contributed by atoms with E-state index < -0.39 is 18.0 Å². The van der Waals surface area contributed by atoms with Gasteiger partial charge in [0.2, 0.25) is 0 Å². The summed E-state index contributed by atoms with van der Waals surface area (Å²) in [6.07, 6.45) is -4.84. The maximum Gasteiger partial charge on any atom is 0.573 e. The first kappa shape index (κ1) is 16.3. The molecule has 0 fully saturated rings. The highest BCUT2D eigenvalue weighted by Crippen LogP contribution is 2.33. The molecule has 0 spiro atoms. The Morgan fingerprint density at radius 3 is 2.52 bits per heavy atom. The van der Waals surface area contributed by atoms with Crippen molar-refractivity contribution in [2.75, 3.05) is 5.32 Å². The van der Waals surface area contributed by atoms with Crippen LogP contribution in [-0.2, 0) is 0 Å². The summed E-state index contributed by atoms with van der Waals surface area (Å²) in [5, 5.41) is 3.98. The molecule has 0 saturated heterocycles. The van der Waals surface area contributed by atoms with Gasteiger partial charge in [-0.2, -0.15) is 0 Å². The summed E-state index contributed by atoms with van der Waals surface area (Å²) >= 11 is 7.56. The van der Waals surface area contributed by atoms with Crippen LogP contribution in [0.1, 0.15) is 10.4 Å². The van der Waals surface area contributed by atoms with Crippen molar-refractivity contribution in [3.8, 4) is 5.75 Å². The van der Waals surface area contributed by atoms with Crippen molar-refractivity contribution in [3.05, 3.63) is 43.5 Å². The molecule has 0 aliphatic heterocycles. The minimum Gasteiger partial charge on any atom is -0.404 e. The second-order valence-electron chi connectivity index (χ2n) is 3.78. The lowest BCUT2D eigenvalue weighted by Crippen LogP contribution is -2.19. The van der Waals surface area contributed by atoms with Crippen molar-refractivity contribution >= 4 is 54.8 Å². The Bertz CT molecular complexity index is 673. The molecule has 0 aliphatic carbocycles. The molecule has 1 heterocycles. The maximum atomic E-state index is 12.4. The minimum atomic E-state index is -4.84. The summed E-state index contributed by atoms with van der Waals surface area (Å²) in [6, 6.07) is 5.53. The Hall–Kier alpha value is -1.06. The number of benzene rings is 1. The molecule has 0 radical (unpaired) electrons. The lowest BCUT2D eigenvalue weighted by atomic mass is 10.2. The van der Waals surface area contributed by atoms with Gasteiger partial charge in [-0.3, -0.25) is 4.79 Å². The number of nitrogens with one attached hydrogen (secondary N) is 1. The molecule has 0 aliphatic rings. The van der Waals surface area contributed by atoms with Crippen molar-refractivity contribution in [2.24, 2.45) is 0 Å². The van der Waals surface area contributed by atoms with Gasteiger partial charge in [0.1, 0.15) is 0 Å². The number of hydrogen-bond acceptors (Lipinski definition) is 3. The fraction of sp³-hybridized carbons (Fsp3) is 0.0833. The van der Waals surface area contributed by atoms with E-state index in [1.54, 1.807) is 11.4 Å². The number of alkyl halides is 3. The average molecular weight is 445 g/mol. The topological polar surface area (TPSA) is 38.3 Å². The summed E-state index contributed by atoms with van der Waals surface area (Å²) < 4.78 is 42.1. The zero-order chi connectivity index (χ0) is 15.6. The molecular weight excluding hydrogens is 439 g/mol. The fourth-order valence-corrected chi connectivity index (χ4v) is 2.91. The van der Waals surface area contributed by atoms with Crippen LogP contribution in [0.25, 0.3) is 0 Å². The highest BCUT2D eigenvalue weighted by atomic mass is 79.9. The monoisotopic (exact) mass is 443 g/mol. The SMILES string of the molecule is O=C(Nc1ccc(Br)cc1OC(F)(F)F)c1csc(Br)c1. The van der Waals surface area contributed by atoms with Gasteiger partial charge in [0.15, 0.2) is 5.75 Å². The van der Waals surface area contributed by atoms with E-state index in [1.165, 1.54) is 23.5 Å². The lowest BCUT2D eigenvalue weighted by molar-refractivity contribution is -0.274. The Balaban J connectivity index is 2.25. The number of amides is 1. The smallest absolute Gasteiger partial charge is 0.404 e. The Morgan fingerprint density at radius 2 is 1.95 bits per heavy atom. The summed E-state index contributed by atoms with van der Waals surface area (Å²) in [5.41, 5.74) is 0.274. The molecule has 1 N–H and O–H groups in total. The van der Waals surface area contributed by atoms with E-state index in [9.17, 15) is 18.0 Å². The fourth-order valence-electron chi connectivity index (χ4n) is 1.43. The van der Waals surface area contributed by atoms with Crippen molar-refractivity contribution in [1.82, 2.24) is 0 Å². The standard InChI is InChI=1S/C12H6Br2F3NO2S/c13-7-1-2-8(9(4-7)20-12(15,16)17)18-11(19)6-3-10(14)21-5-6/h1-5H,(H,18,19). The molecule has 0 bridgehead atoms. The Morgan fingerprint density at radius 1 is 1.24 bits per heavy atom. The van der Waals surface area contributed by atoms with Crippen LogP contribution in [0, 0.1) is 0 Å². The van der Waals surface area contributed by atoms with Crippen LogP contribution in [0.15, 0.2) is 37.9 Å². The first-order chi connectivity index (χ1) is 9.74. The van der Waals surface area contributed by atoms with Gasteiger partial charge >= 0.3 is 6.36 Å². The van der Waals surface area contributed by atoms with E-state index in [1.807, 2.05) is 0 Å². The van der Waals surface area contributed by atoms with E-state index in [4.69, 9.17) is 0 Å². The molecule has 0 saturated carbocycles. The molecule has 9 heteroatoms. The average Bonchev–Trinajstić information content (AvgIpc) is 2.77. The van der Waals surface area contributed by atoms with E-state index >= 15 is 0 Å². The third-order valence-electron chi connectivity index (χ3n) is 2.25. The molecule has 112 valence electrons. The van der Waals surface area contributed by atoms with E-state index in [2.05, 4.69) is 41.9 Å². The van der Waals surface area contributed by atoms with Crippen LogP contribution in [-0.4, -0.2) is 12.3 Å². The molecule has 3 nitrogen and oxygen atoms in total. The highest BCUT2D eigenvalue weighted by Gasteiger charge is 2.32. The number of thiophene rings is 1. The van der Waals surface area contributed by atoms with Crippen LogP contribution in [0.3, 0.4) is 0 Å². The lowest BCUT2D eigenvalue weighted by Gasteiger charge is -2.14. The number of ether oxygens (including phenoxy) is 1. The van der Waals surface area contributed by atoms with Gasteiger partial charge < -0.3 is 10.1 Å². The van der Waals surface area contributed by atoms with Crippen molar-refractivity contribution < 1.29 is 22.7 Å². The van der Waals surface area contributed by atoms with E-state index in [0.29, 0.717) is 10.0 Å². The second kappa shape index (κ2) is 6.37. The van der Waals surface area contributed by atoms with Crippen LogP contribution in [0.2, 0.25) is 0 Å². The van der Waals surface area contributed by atoms with Crippen molar-refractivity contribution in [1.29, 1.82) is 0 Å². The molecule has 1 aromatic heterocycles.